The molecule has 0 aliphatic carbocycles. The summed E-state index contributed by atoms with van der Waals surface area (Å²) in [6, 6.07) is 0. The molecule has 2 atom stereocenters. The smallest absolute Gasteiger partial charge is 0.220 e. The van der Waals surface area contributed by atoms with Gasteiger partial charge in [-0.1, -0.05) is 0 Å². The van der Waals surface area contributed by atoms with Gasteiger partial charge < -0.3 is 14.8 Å². The molecule has 0 bridgehead atoms. The summed E-state index contributed by atoms with van der Waals surface area (Å²) in [6.45, 7) is 3.04. The van der Waals surface area contributed by atoms with Gasteiger partial charge in [0.25, 0.3) is 0 Å². The lowest BCUT2D eigenvalue weighted by atomic mass is 10.1. The monoisotopic (exact) mass is 223 g/mol. The van der Waals surface area contributed by atoms with Gasteiger partial charge in [-0.05, 0) is 6.92 Å². The molecule has 1 N–H and O–H groups in total. The van der Waals surface area contributed by atoms with Gasteiger partial charge in [-0.25, -0.2) is 0 Å². The van der Waals surface area contributed by atoms with E-state index in [-0.39, 0.29) is 12.0 Å². The quantitative estimate of drug-likeness (QED) is 0.669. The third kappa shape index (κ3) is 2.55. The molecular formula is C12H17NO3. The average molecular weight is 223 g/mol. The zero-order chi connectivity index (χ0) is 11.4. The summed E-state index contributed by atoms with van der Waals surface area (Å²) in [4.78, 5) is 11.2. The molecule has 1 spiro atoms. The molecule has 1 amide bonds. The Bertz CT molecular complexity index is 331. The molecule has 2 unspecified atom stereocenters. The highest BCUT2D eigenvalue weighted by molar-refractivity contribution is 5.76. The van der Waals surface area contributed by atoms with Crippen molar-refractivity contribution in [2.45, 2.75) is 44.5 Å². The highest BCUT2D eigenvalue weighted by Gasteiger charge is 2.42. The van der Waals surface area contributed by atoms with Crippen molar-refractivity contribution in [1.29, 1.82) is 0 Å². The maximum absolute atomic E-state index is 11.2. The third-order valence-corrected chi connectivity index (χ3v) is 2.98. The summed E-state index contributed by atoms with van der Waals surface area (Å²) >= 11 is 0. The van der Waals surface area contributed by atoms with Crippen molar-refractivity contribution in [3.8, 4) is 11.8 Å². The topological polar surface area (TPSA) is 47.6 Å². The second-order valence-corrected chi connectivity index (χ2v) is 4.19. The van der Waals surface area contributed by atoms with Gasteiger partial charge in [0.2, 0.25) is 5.91 Å². The van der Waals surface area contributed by atoms with Crippen LogP contribution < -0.4 is 5.32 Å². The lowest BCUT2D eigenvalue weighted by Gasteiger charge is -2.25. The number of hydrogen-bond donors (Lipinski definition) is 1. The number of nitrogens with one attached hydrogen (secondary N) is 1. The van der Waals surface area contributed by atoms with Crippen molar-refractivity contribution in [2.24, 2.45) is 0 Å². The van der Waals surface area contributed by atoms with Gasteiger partial charge in [0.15, 0.2) is 5.79 Å². The molecule has 2 aliphatic heterocycles. The van der Waals surface area contributed by atoms with Crippen LogP contribution in [0.5, 0.6) is 0 Å². The highest BCUT2D eigenvalue weighted by Crippen LogP contribution is 2.33. The summed E-state index contributed by atoms with van der Waals surface area (Å²) in [5.41, 5.74) is 0. The van der Waals surface area contributed by atoms with Gasteiger partial charge in [-0.15, -0.1) is 11.8 Å². The van der Waals surface area contributed by atoms with Crippen molar-refractivity contribution < 1.29 is 14.3 Å². The molecular weight excluding hydrogens is 206 g/mol. The van der Waals surface area contributed by atoms with E-state index in [1.54, 1.807) is 0 Å². The van der Waals surface area contributed by atoms with Crippen molar-refractivity contribution >= 4 is 5.91 Å². The van der Waals surface area contributed by atoms with Crippen LogP contribution in [0.15, 0.2) is 0 Å². The molecule has 4 nitrogen and oxygen atoms in total. The molecule has 0 saturated carbocycles. The minimum absolute atomic E-state index is 0.0562. The van der Waals surface area contributed by atoms with E-state index in [1.165, 1.54) is 0 Å². The SMILES string of the molecule is CC#CCC1COC2(CCNC(=O)CC2)O1. The Kier molecular flexibility index (Phi) is 3.47. The molecule has 2 rings (SSSR count). The molecule has 0 aromatic carbocycles. The van der Waals surface area contributed by atoms with E-state index in [0.29, 0.717) is 32.4 Å². The van der Waals surface area contributed by atoms with E-state index >= 15 is 0 Å². The highest BCUT2D eigenvalue weighted by atomic mass is 16.7. The van der Waals surface area contributed by atoms with Crippen LogP contribution in [0.25, 0.3) is 0 Å². The van der Waals surface area contributed by atoms with Crippen LogP contribution in [0, 0.1) is 11.8 Å². The maximum atomic E-state index is 11.2. The first-order chi connectivity index (χ1) is 7.74. The minimum Gasteiger partial charge on any atom is -0.356 e. The molecule has 4 heteroatoms. The fourth-order valence-corrected chi connectivity index (χ4v) is 2.11. The van der Waals surface area contributed by atoms with Crippen LogP contribution in [-0.2, 0) is 14.3 Å². The minimum atomic E-state index is -0.542. The predicted molar refractivity (Wildman–Crippen MR) is 58.5 cm³/mol. The van der Waals surface area contributed by atoms with Gasteiger partial charge in [-0.3, -0.25) is 4.79 Å². The Balaban J connectivity index is 1.93. The standard InChI is InChI=1S/C12H17NO3/c1-2-3-4-10-9-15-12(16-10)6-5-11(14)13-8-7-12/h10H,4-9H2,1H3,(H,13,14). The molecule has 0 aromatic heterocycles. The zero-order valence-electron chi connectivity index (χ0n) is 9.54. The molecule has 2 heterocycles. The number of hydrogen-bond acceptors (Lipinski definition) is 3. The number of ether oxygens (including phenoxy) is 2. The van der Waals surface area contributed by atoms with Crippen LogP contribution in [-0.4, -0.2) is 30.9 Å². The molecule has 2 saturated heterocycles. The van der Waals surface area contributed by atoms with E-state index in [2.05, 4.69) is 17.2 Å². The van der Waals surface area contributed by atoms with E-state index in [4.69, 9.17) is 9.47 Å². The third-order valence-electron chi connectivity index (χ3n) is 2.98. The lowest BCUT2D eigenvalue weighted by molar-refractivity contribution is -0.174. The number of carbonyl (C=O) groups excluding carboxylic acids is 1. The molecule has 88 valence electrons. The summed E-state index contributed by atoms with van der Waals surface area (Å²) in [6.07, 6.45) is 2.62. The van der Waals surface area contributed by atoms with Gasteiger partial charge in [0, 0.05) is 32.2 Å². The normalized spacial score (nSPS) is 34.1. The largest absolute Gasteiger partial charge is 0.356 e. The summed E-state index contributed by atoms with van der Waals surface area (Å²) in [5, 5.41) is 2.83. The Hall–Kier alpha value is -1.05. The lowest BCUT2D eigenvalue weighted by Crippen LogP contribution is -2.32. The first kappa shape index (κ1) is 11.4. The van der Waals surface area contributed by atoms with Crippen molar-refractivity contribution in [1.82, 2.24) is 5.32 Å². The van der Waals surface area contributed by atoms with Crippen LogP contribution in [0.1, 0.15) is 32.6 Å². The van der Waals surface area contributed by atoms with Crippen LogP contribution in [0.4, 0.5) is 0 Å². The molecule has 2 aliphatic rings. The van der Waals surface area contributed by atoms with E-state index in [9.17, 15) is 4.79 Å². The summed E-state index contributed by atoms with van der Waals surface area (Å²) in [7, 11) is 0. The number of carbonyl (C=O) groups is 1. The summed E-state index contributed by atoms with van der Waals surface area (Å²) < 4.78 is 11.6. The Morgan fingerprint density at radius 2 is 2.44 bits per heavy atom. The van der Waals surface area contributed by atoms with E-state index in [1.807, 2.05) is 6.92 Å². The average Bonchev–Trinajstić information content (AvgIpc) is 2.58. The molecule has 0 aromatic rings. The zero-order valence-corrected chi connectivity index (χ0v) is 9.54. The first-order valence-corrected chi connectivity index (χ1v) is 5.72. The van der Waals surface area contributed by atoms with Crippen LogP contribution >= 0.6 is 0 Å². The molecule has 0 radical (unpaired) electrons. The first-order valence-electron chi connectivity index (χ1n) is 5.72. The Morgan fingerprint density at radius 3 is 3.25 bits per heavy atom. The van der Waals surface area contributed by atoms with Gasteiger partial charge in [0.1, 0.15) is 0 Å². The maximum Gasteiger partial charge on any atom is 0.220 e. The fraction of sp³-hybridized carbons (Fsp3) is 0.750. The predicted octanol–water partition coefficient (Wildman–Crippen LogP) is 0.812. The number of amides is 1. The summed E-state index contributed by atoms with van der Waals surface area (Å²) in [5.74, 6) is 5.39. The van der Waals surface area contributed by atoms with Crippen molar-refractivity contribution in [3.05, 3.63) is 0 Å². The molecule has 16 heavy (non-hydrogen) atoms. The van der Waals surface area contributed by atoms with Gasteiger partial charge in [-0.2, -0.15) is 0 Å². The van der Waals surface area contributed by atoms with Crippen LogP contribution in [0.3, 0.4) is 0 Å². The Labute approximate surface area is 95.7 Å². The van der Waals surface area contributed by atoms with Crippen molar-refractivity contribution in [2.75, 3.05) is 13.2 Å². The van der Waals surface area contributed by atoms with E-state index < -0.39 is 5.79 Å². The van der Waals surface area contributed by atoms with Crippen LogP contribution in [0.2, 0.25) is 0 Å². The van der Waals surface area contributed by atoms with Crippen molar-refractivity contribution in [3.63, 3.8) is 0 Å². The van der Waals surface area contributed by atoms with Gasteiger partial charge in [0.05, 0.1) is 12.7 Å². The van der Waals surface area contributed by atoms with Gasteiger partial charge >= 0.3 is 0 Å². The Morgan fingerprint density at radius 1 is 1.56 bits per heavy atom. The second-order valence-electron chi connectivity index (χ2n) is 4.19. The molecule has 2 fully saturated rings. The number of rotatable bonds is 1. The van der Waals surface area contributed by atoms with E-state index in [0.717, 1.165) is 6.42 Å². The second kappa shape index (κ2) is 4.86. The fourth-order valence-electron chi connectivity index (χ4n) is 2.11.